The lowest BCUT2D eigenvalue weighted by Gasteiger charge is -2.24. The lowest BCUT2D eigenvalue weighted by Crippen LogP contribution is -2.44. The Morgan fingerprint density at radius 1 is 1.04 bits per heavy atom. The third-order valence-electron chi connectivity index (χ3n) is 4.87. The Kier molecular flexibility index (Phi) is 5.26. The van der Waals surface area contributed by atoms with Crippen LogP contribution in [-0.4, -0.2) is 40.7 Å². The second-order valence-corrected chi connectivity index (χ2v) is 6.71. The minimum atomic E-state index is -1.16. The lowest BCUT2D eigenvalue weighted by atomic mass is 9.92. The molecule has 3 rings (SSSR count). The molecule has 1 heterocycles. The van der Waals surface area contributed by atoms with Gasteiger partial charge in [0.25, 0.3) is 5.91 Å². The molecule has 1 fully saturated rings. The molecule has 0 aliphatic carbocycles. The normalized spacial score (nSPS) is 19.1. The monoisotopic (exact) mass is 365 g/mol. The number of hydrogen-bond donors (Lipinski definition) is 1. The Morgan fingerprint density at radius 2 is 1.63 bits per heavy atom. The van der Waals surface area contributed by atoms with E-state index in [1.54, 1.807) is 24.0 Å². The zero-order chi connectivity index (χ0) is 19.4. The summed E-state index contributed by atoms with van der Waals surface area (Å²) in [5.41, 5.74) is 0.531. The van der Waals surface area contributed by atoms with Crippen molar-refractivity contribution in [2.75, 3.05) is 13.1 Å². The van der Waals surface area contributed by atoms with Crippen LogP contribution in [0.5, 0.6) is 0 Å². The van der Waals surface area contributed by atoms with Crippen LogP contribution in [0.1, 0.15) is 25.0 Å². The van der Waals surface area contributed by atoms with Gasteiger partial charge in [0.1, 0.15) is 12.1 Å². The van der Waals surface area contributed by atoms with E-state index in [1.165, 1.54) is 0 Å². The summed E-state index contributed by atoms with van der Waals surface area (Å²) in [7, 11) is 0. The Hall–Kier alpha value is -3.15. The van der Waals surface area contributed by atoms with Crippen LogP contribution >= 0.6 is 0 Å². The van der Waals surface area contributed by atoms with Crippen molar-refractivity contribution in [2.45, 2.75) is 25.9 Å². The van der Waals surface area contributed by atoms with E-state index >= 15 is 0 Å². The Bertz CT molecular complexity index is 838. The average molecular weight is 365 g/mol. The number of carbonyl (C=O) groups excluding carboxylic acids is 3. The summed E-state index contributed by atoms with van der Waals surface area (Å²) in [6.45, 7) is 4.20. The van der Waals surface area contributed by atoms with Crippen LogP contribution in [-0.2, 0) is 21.7 Å². The molecule has 1 N–H and O–H groups in total. The lowest BCUT2D eigenvalue weighted by molar-refractivity contribution is -0.139. The highest BCUT2D eigenvalue weighted by molar-refractivity contribution is 6.09. The quantitative estimate of drug-likeness (QED) is 0.800. The highest BCUT2D eigenvalue weighted by Gasteiger charge is 2.49. The number of carbonyl (C=O) groups is 3. The smallest absolute Gasteiger partial charge is 0.325 e. The zero-order valence-corrected chi connectivity index (χ0v) is 15.5. The number of likely N-dealkylation sites (N-methyl/N-ethyl adjacent to an activating group) is 1. The number of nitrogens with one attached hydrogen (secondary N) is 1. The number of urea groups is 1. The minimum Gasteiger partial charge on any atom is -0.337 e. The maximum absolute atomic E-state index is 12.9. The molecule has 0 radical (unpaired) electrons. The van der Waals surface area contributed by atoms with Crippen LogP contribution in [0, 0.1) is 0 Å². The highest BCUT2D eigenvalue weighted by Crippen LogP contribution is 2.28. The second kappa shape index (κ2) is 7.61. The van der Waals surface area contributed by atoms with Gasteiger partial charge in [-0.3, -0.25) is 14.5 Å². The standard InChI is InChI=1S/C21H23N3O3/c1-3-23(14-16-10-6-4-7-11-16)18(25)15-24-19(26)21(2,22-20(24)27)17-12-8-5-9-13-17/h4-13H,3,14-15H2,1-2H3,(H,22,27). The first-order chi connectivity index (χ1) is 13.0. The van der Waals surface area contributed by atoms with Crippen LogP contribution in [0.25, 0.3) is 0 Å². The summed E-state index contributed by atoms with van der Waals surface area (Å²) in [5, 5.41) is 2.73. The third-order valence-corrected chi connectivity index (χ3v) is 4.87. The molecule has 6 heteroatoms. The summed E-state index contributed by atoms with van der Waals surface area (Å²) in [6, 6.07) is 18.1. The van der Waals surface area contributed by atoms with Gasteiger partial charge in [0.15, 0.2) is 0 Å². The van der Waals surface area contributed by atoms with E-state index in [9.17, 15) is 14.4 Å². The van der Waals surface area contributed by atoms with Crippen molar-refractivity contribution in [2.24, 2.45) is 0 Å². The van der Waals surface area contributed by atoms with Gasteiger partial charge < -0.3 is 10.2 Å². The fraction of sp³-hybridized carbons (Fsp3) is 0.286. The van der Waals surface area contributed by atoms with Crippen molar-refractivity contribution in [3.8, 4) is 0 Å². The van der Waals surface area contributed by atoms with Gasteiger partial charge in [-0.2, -0.15) is 0 Å². The van der Waals surface area contributed by atoms with Crippen LogP contribution in [0.3, 0.4) is 0 Å². The van der Waals surface area contributed by atoms with Gasteiger partial charge in [0, 0.05) is 13.1 Å². The number of benzene rings is 2. The largest absolute Gasteiger partial charge is 0.337 e. The number of hydrogen-bond acceptors (Lipinski definition) is 3. The number of rotatable bonds is 6. The van der Waals surface area contributed by atoms with E-state index in [-0.39, 0.29) is 12.5 Å². The van der Waals surface area contributed by atoms with Crippen molar-refractivity contribution in [1.29, 1.82) is 0 Å². The summed E-state index contributed by atoms with van der Waals surface area (Å²) in [4.78, 5) is 40.7. The van der Waals surface area contributed by atoms with E-state index in [2.05, 4.69) is 5.32 Å². The van der Waals surface area contributed by atoms with Gasteiger partial charge in [-0.1, -0.05) is 60.7 Å². The van der Waals surface area contributed by atoms with E-state index in [0.29, 0.717) is 18.7 Å². The maximum Gasteiger partial charge on any atom is 0.325 e. The summed E-state index contributed by atoms with van der Waals surface area (Å²) >= 11 is 0. The molecule has 2 aromatic rings. The first kappa shape index (κ1) is 18.6. The van der Waals surface area contributed by atoms with E-state index in [0.717, 1.165) is 10.5 Å². The fourth-order valence-electron chi connectivity index (χ4n) is 3.22. The van der Waals surface area contributed by atoms with Crippen molar-refractivity contribution in [3.05, 3.63) is 71.8 Å². The Morgan fingerprint density at radius 3 is 2.22 bits per heavy atom. The summed E-state index contributed by atoms with van der Waals surface area (Å²) in [5.74, 6) is -0.676. The molecule has 1 atom stereocenters. The minimum absolute atomic E-state index is 0.262. The van der Waals surface area contributed by atoms with Crippen molar-refractivity contribution >= 4 is 17.8 Å². The van der Waals surface area contributed by atoms with E-state index in [4.69, 9.17) is 0 Å². The first-order valence-corrected chi connectivity index (χ1v) is 8.97. The zero-order valence-electron chi connectivity index (χ0n) is 15.5. The van der Waals surface area contributed by atoms with Crippen LogP contribution < -0.4 is 5.32 Å². The van der Waals surface area contributed by atoms with Crippen LogP contribution in [0.15, 0.2) is 60.7 Å². The Labute approximate surface area is 158 Å². The van der Waals surface area contributed by atoms with Gasteiger partial charge in [0.05, 0.1) is 0 Å². The molecular formula is C21H23N3O3. The SMILES string of the molecule is CCN(Cc1ccccc1)C(=O)CN1C(=O)NC(C)(c2ccccc2)C1=O. The predicted molar refractivity (Wildman–Crippen MR) is 102 cm³/mol. The first-order valence-electron chi connectivity index (χ1n) is 8.97. The fourth-order valence-corrected chi connectivity index (χ4v) is 3.22. The molecule has 0 bridgehead atoms. The molecule has 1 saturated heterocycles. The van der Waals surface area contributed by atoms with Crippen molar-refractivity contribution < 1.29 is 14.4 Å². The molecule has 140 valence electrons. The summed E-state index contributed by atoms with van der Waals surface area (Å²) < 4.78 is 0. The maximum atomic E-state index is 12.9. The molecule has 1 aliphatic rings. The number of nitrogens with zero attached hydrogens (tertiary/aromatic N) is 2. The van der Waals surface area contributed by atoms with Crippen molar-refractivity contribution in [1.82, 2.24) is 15.1 Å². The molecular weight excluding hydrogens is 342 g/mol. The predicted octanol–water partition coefficient (Wildman–Crippen LogP) is 2.50. The summed E-state index contributed by atoms with van der Waals surface area (Å²) in [6.07, 6.45) is 0. The topological polar surface area (TPSA) is 69.7 Å². The second-order valence-electron chi connectivity index (χ2n) is 6.71. The van der Waals surface area contributed by atoms with E-state index < -0.39 is 17.5 Å². The molecule has 0 aromatic heterocycles. The third kappa shape index (κ3) is 3.69. The molecule has 6 nitrogen and oxygen atoms in total. The van der Waals surface area contributed by atoms with Gasteiger partial charge in [0.2, 0.25) is 5.91 Å². The average Bonchev–Trinajstić information content (AvgIpc) is 2.91. The van der Waals surface area contributed by atoms with Gasteiger partial charge >= 0.3 is 6.03 Å². The van der Waals surface area contributed by atoms with E-state index in [1.807, 2.05) is 55.5 Å². The Balaban J connectivity index is 1.73. The number of amides is 4. The van der Waals surface area contributed by atoms with Crippen LogP contribution in [0.4, 0.5) is 4.79 Å². The molecule has 27 heavy (non-hydrogen) atoms. The van der Waals surface area contributed by atoms with Gasteiger partial charge in [-0.25, -0.2) is 4.79 Å². The highest BCUT2D eigenvalue weighted by atomic mass is 16.2. The molecule has 1 aliphatic heterocycles. The van der Waals surface area contributed by atoms with Gasteiger partial charge in [-0.15, -0.1) is 0 Å². The molecule has 0 spiro atoms. The number of imide groups is 1. The molecule has 2 aromatic carbocycles. The van der Waals surface area contributed by atoms with Crippen LogP contribution in [0.2, 0.25) is 0 Å². The molecule has 4 amide bonds. The molecule has 1 unspecified atom stereocenters. The molecule has 0 saturated carbocycles. The van der Waals surface area contributed by atoms with Gasteiger partial charge in [-0.05, 0) is 25.0 Å². The van der Waals surface area contributed by atoms with Crippen molar-refractivity contribution in [3.63, 3.8) is 0 Å².